The van der Waals surface area contributed by atoms with Crippen LogP contribution in [0.5, 0.6) is 0 Å². The molecule has 4 rings (SSSR count). The molecule has 0 saturated carbocycles. The van der Waals surface area contributed by atoms with Gasteiger partial charge in [-0.15, -0.1) is 0 Å². The fraction of sp³-hybridized carbons (Fsp3) is 0.276. The summed E-state index contributed by atoms with van der Waals surface area (Å²) in [5.41, 5.74) is 3.95. The molecular formula is C29H34N6O3SSi. The van der Waals surface area contributed by atoms with Crippen LogP contribution >= 0.6 is 11.8 Å². The van der Waals surface area contributed by atoms with Crippen LogP contribution in [0.1, 0.15) is 17.4 Å². The molecule has 0 aliphatic carbocycles. The fourth-order valence-electron chi connectivity index (χ4n) is 4.03. The number of anilines is 2. The molecule has 11 heteroatoms. The zero-order valence-corrected chi connectivity index (χ0v) is 25.2. The monoisotopic (exact) mass is 574 g/mol. The van der Waals surface area contributed by atoms with Gasteiger partial charge < -0.3 is 15.4 Å². The second-order valence-electron chi connectivity index (χ2n) is 10.4. The van der Waals surface area contributed by atoms with Gasteiger partial charge >= 0.3 is 0 Å². The molecule has 0 aliphatic heterocycles. The third-order valence-corrected chi connectivity index (χ3v) is 8.38. The number of aromatic nitrogens is 4. The van der Waals surface area contributed by atoms with Crippen LogP contribution in [0, 0.1) is 0 Å². The molecule has 9 nitrogen and oxygen atoms in total. The van der Waals surface area contributed by atoms with E-state index in [0.717, 1.165) is 28.0 Å². The molecule has 0 bridgehead atoms. The lowest BCUT2D eigenvalue weighted by molar-refractivity contribution is -0.114. The first-order valence-electron chi connectivity index (χ1n) is 12.9. The molecule has 1 aromatic carbocycles. The lowest BCUT2D eigenvalue weighted by atomic mass is 10.0. The summed E-state index contributed by atoms with van der Waals surface area (Å²) in [6, 6.07) is 17.5. The second kappa shape index (κ2) is 13.0. The lowest BCUT2D eigenvalue weighted by Gasteiger charge is -2.17. The zero-order chi connectivity index (χ0) is 28.7. The van der Waals surface area contributed by atoms with Crippen LogP contribution in [0.2, 0.25) is 25.7 Å². The Hall–Kier alpha value is -3.80. The third kappa shape index (κ3) is 7.43. The summed E-state index contributed by atoms with van der Waals surface area (Å²) >= 11 is 1.51. The molecule has 0 spiro atoms. The van der Waals surface area contributed by atoms with Gasteiger partial charge in [0, 0.05) is 45.1 Å². The van der Waals surface area contributed by atoms with Crippen LogP contribution in [0.3, 0.4) is 0 Å². The largest absolute Gasteiger partial charge is 0.361 e. The average Bonchev–Trinajstić information content (AvgIpc) is 3.29. The van der Waals surface area contributed by atoms with Crippen molar-refractivity contribution < 1.29 is 14.3 Å². The van der Waals surface area contributed by atoms with Gasteiger partial charge in [-0.05, 0) is 42.6 Å². The normalized spacial score (nSPS) is 11.3. The standard InChI is InChI=1S/C29H34N6O3SSi/c1-20(36)32-25-18-21(13-15-31-25)27-26(34-29(39-2)35(27)19-38-16-17-40(3,4)5)22-10-6-7-11-23(22)33-28(37)24-12-8-9-14-30-24/h6-15,18H,16-17,19H2,1-5H3,(H,33,37)(H,31,32,36). The highest BCUT2D eigenvalue weighted by Crippen LogP contribution is 2.39. The molecule has 4 aromatic rings. The minimum absolute atomic E-state index is 0.208. The number of hydrogen-bond acceptors (Lipinski definition) is 7. The zero-order valence-electron chi connectivity index (χ0n) is 23.4. The van der Waals surface area contributed by atoms with Crippen molar-refractivity contribution in [2.24, 2.45) is 0 Å². The summed E-state index contributed by atoms with van der Waals surface area (Å²) in [4.78, 5) is 38.3. The molecular weight excluding hydrogens is 541 g/mol. The van der Waals surface area contributed by atoms with E-state index in [4.69, 9.17) is 9.72 Å². The van der Waals surface area contributed by atoms with Crippen molar-refractivity contribution in [2.75, 3.05) is 23.5 Å². The Morgan fingerprint density at radius 2 is 1.77 bits per heavy atom. The van der Waals surface area contributed by atoms with Gasteiger partial charge in [0.25, 0.3) is 5.91 Å². The van der Waals surface area contributed by atoms with Crippen molar-refractivity contribution in [3.05, 3.63) is 72.7 Å². The number of hydrogen-bond donors (Lipinski definition) is 2. The number of carbonyl (C=O) groups is 2. The Morgan fingerprint density at radius 3 is 2.48 bits per heavy atom. The highest BCUT2D eigenvalue weighted by molar-refractivity contribution is 7.98. The molecule has 208 valence electrons. The van der Waals surface area contributed by atoms with E-state index in [1.54, 1.807) is 30.6 Å². The Bertz CT molecular complexity index is 1490. The number of carbonyl (C=O) groups excluding carboxylic acids is 2. The van der Waals surface area contributed by atoms with Gasteiger partial charge in [-0.2, -0.15) is 0 Å². The van der Waals surface area contributed by atoms with Gasteiger partial charge in [0.15, 0.2) is 5.16 Å². The van der Waals surface area contributed by atoms with Crippen LogP contribution < -0.4 is 10.6 Å². The van der Waals surface area contributed by atoms with E-state index < -0.39 is 8.07 Å². The van der Waals surface area contributed by atoms with Crippen LogP contribution in [0.15, 0.2) is 72.1 Å². The van der Waals surface area contributed by atoms with Crippen molar-refractivity contribution in [2.45, 2.75) is 44.5 Å². The molecule has 0 fully saturated rings. The first kappa shape index (κ1) is 29.2. The Morgan fingerprint density at radius 1 is 1.00 bits per heavy atom. The average molecular weight is 575 g/mol. The van der Waals surface area contributed by atoms with Crippen molar-refractivity contribution in [3.63, 3.8) is 0 Å². The van der Waals surface area contributed by atoms with Gasteiger partial charge in [-0.3, -0.25) is 19.1 Å². The van der Waals surface area contributed by atoms with Gasteiger partial charge in [-0.25, -0.2) is 9.97 Å². The van der Waals surface area contributed by atoms with Crippen LogP contribution in [-0.2, 0) is 16.3 Å². The smallest absolute Gasteiger partial charge is 0.274 e. The highest BCUT2D eigenvalue weighted by atomic mass is 32.2. The number of benzene rings is 1. The predicted octanol–water partition coefficient (Wildman–Crippen LogP) is 6.25. The summed E-state index contributed by atoms with van der Waals surface area (Å²) in [5, 5.41) is 6.53. The predicted molar refractivity (Wildman–Crippen MR) is 163 cm³/mol. The molecule has 0 saturated heterocycles. The molecule has 0 unspecified atom stereocenters. The number of ether oxygens (including phenoxy) is 1. The van der Waals surface area contributed by atoms with E-state index in [1.165, 1.54) is 18.7 Å². The van der Waals surface area contributed by atoms with Gasteiger partial charge in [0.1, 0.15) is 18.2 Å². The maximum atomic E-state index is 13.0. The van der Waals surface area contributed by atoms with E-state index in [0.29, 0.717) is 36.2 Å². The van der Waals surface area contributed by atoms with E-state index in [1.807, 2.05) is 47.2 Å². The molecule has 0 aliphatic rings. The molecule has 2 amide bonds. The van der Waals surface area contributed by atoms with Gasteiger partial charge in [-0.1, -0.05) is 55.7 Å². The minimum atomic E-state index is -1.27. The third-order valence-electron chi connectivity index (χ3n) is 6.00. The first-order chi connectivity index (χ1) is 19.2. The summed E-state index contributed by atoms with van der Waals surface area (Å²) in [5.74, 6) is -0.0862. The van der Waals surface area contributed by atoms with E-state index in [-0.39, 0.29) is 11.8 Å². The topological polar surface area (TPSA) is 111 Å². The second-order valence-corrected chi connectivity index (χ2v) is 16.8. The number of nitrogens with zero attached hydrogens (tertiary/aromatic N) is 4. The fourth-order valence-corrected chi connectivity index (χ4v) is 5.33. The number of amides is 2. The lowest BCUT2D eigenvalue weighted by Crippen LogP contribution is -2.22. The number of thioether (sulfide) groups is 1. The van der Waals surface area contributed by atoms with Crippen molar-refractivity contribution >= 4 is 43.2 Å². The highest BCUT2D eigenvalue weighted by Gasteiger charge is 2.23. The van der Waals surface area contributed by atoms with Crippen molar-refractivity contribution in [1.29, 1.82) is 0 Å². The molecule has 2 N–H and O–H groups in total. The number of para-hydroxylation sites is 1. The molecule has 3 heterocycles. The van der Waals surface area contributed by atoms with E-state index in [2.05, 4.69) is 40.2 Å². The van der Waals surface area contributed by atoms with Crippen LogP contribution in [0.25, 0.3) is 22.5 Å². The Labute approximate surface area is 239 Å². The van der Waals surface area contributed by atoms with Crippen LogP contribution in [0.4, 0.5) is 11.5 Å². The van der Waals surface area contributed by atoms with E-state index in [9.17, 15) is 9.59 Å². The quantitative estimate of drug-likeness (QED) is 0.124. The van der Waals surface area contributed by atoms with Crippen LogP contribution in [-0.4, -0.2) is 52.3 Å². The molecule has 0 atom stereocenters. The Kier molecular flexibility index (Phi) is 9.51. The maximum absolute atomic E-state index is 13.0. The summed E-state index contributed by atoms with van der Waals surface area (Å²) < 4.78 is 8.21. The SMILES string of the molecule is CSc1nc(-c2ccccc2NC(=O)c2ccccn2)c(-c2ccnc(NC(C)=O)c2)n1COCC[Si](C)(C)C. The maximum Gasteiger partial charge on any atom is 0.274 e. The minimum Gasteiger partial charge on any atom is -0.361 e. The number of nitrogens with one attached hydrogen (secondary N) is 2. The van der Waals surface area contributed by atoms with Crippen molar-refractivity contribution in [3.8, 4) is 22.5 Å². The van der Waals surface area contributed by atoms with E-state index >= 15 is 0 Å². The Balaban J connectivity index is 1.81. The summed E-state index contributed by atoms with van der Waals surface area (Å²) in [6.07, 6.45) is 5.21. The number of rotatable bonds is 11. The summed E-state index contributed by atoms with van der Waals surface area (Å²) in [7, 11) is -1.27. The van der Waals surface area contributed by atoms with Crippen molar-refractivity contribution in [1.82, 2.24) is 19.5 Å². The number of pyridine rings is 2. The first-order valence-corrected chi connectivity index (χ1v) is 17.9. The molecule has 40 heavy (non-hydrogen) atoms. The number of imidazole rings is 1. The van der Waals surface area contributed by atoms with Gasteiger partial charge in [0.2, 0.25) is 5.91 Å². The molecule has 0 radical (unpaired) electrons. The summed E-state index contributed by atoms with van der Waals surface area (Å²) in [6.45, 7) is 9.37. The molecule has 3 aromatic heterocycles. The van der Waals surface area contributed by atoms with Gasteiger partial charge in [0.05, 0.1) is 17.1 Å².